The van der Waals surface area contributed by atoms with Gasteiger partial charge in [0.2, 0.25) is 0 Å². The van der Waals surface area contributed by atoms with Gasteiger partial charge in [0.05, 0.1) is 37.6 Å². The van der Waals surface area contributed by atoms with Crippen molar-refractivity contribution in [3.63, 3.8) is 0 Å². The Hall–Kier alpha value is -3.23. The Morgan fingerprint density at radius 2 is 1.90 bits per heavy atom. The van der Waals surface area contributed by atoms with Gasteiger partial charge in [-0.25, -0.2) is 14.5 Å². The number of nitrogens with zero attached hydrogens (tertiary/aromatic N) is 6. The van der Waals surface area contributed by atoms with Crippen LogP contribution < -0.4 is 4.74 Å². The Labute approximate surface area is 181 Å². The van der Waals surface area contributed by atoms with Crippen LogP contribution in [0.25, 0.3) is 17.0 Å². The second kappa shape index (κ2) is 9.28. The van der Waals surface area contributed by atoms with Gasteiger partial charge >= 0.3 is 0 Å². The second-order valence-corrected chi connectivity index (χ2v) is 7.58. The van der Waals surface area contributed by atoms with Gasteiger partial charge < -0.3 is 14.0 Å². The lowest BCUT2D eigenvalue weighted by Gasteiger charge is -2.26. The number of ether oxygens (including phenoxy) is 2. The lowest BCUT2D eigenvalue weighted by atomic mass is 10.2. The van der Waals surface area contributed by atoms with E-state index in [1.165, 1.54) is 0 Å². The zero-order valence-corrected chi connectivity index (χ0v) is 17.4. The van der Waals surface area contributed by atoms with Crippen LogP contribution in [0.2, 0.25) is 0 Å². The summed E-state index contributed by atoms with van der Waals surface area (Å²) in [4.78, 5) is 11.3. The molecule has 160 valence electrons. The minimum atomic E-state index is 0.640. The van der Waals surface area contributed by atoms with Crippen molar-refractivity contribution in [2.24, 2.45) is 0 Å². The number of para-hydroxylation sites is 1. The first-order valence-electron chi connectivity index (χ1n) is 10.7. The van der Waals surface area contributed by atoms with Gasteiger partial charge in [-0.15, -0.1) is 0 Å². The second-order valence-electron chi connectivity index (χ2n) is 7.58. The molecule has 8 heteroatoms. The van der Waals surface area contributed by atoms with Gasteiger partial charge in [-0.1, -0.05) is 18.2 Å². The number of morpholine rings is 1. The zero-order valence-electron chi connectivity index (χ0n) is 17.4. The molecule has 0 spiro atoms. The summed E-state index contributed by atoms with van der Waals surface area (Å²) >= 11 is 0. The van der Waals surface area contributed by atoms with Crippen molar-refractivity contribution < 1.29 is 9.47 Å². The molecular formula is C23H26N6O2. The van der Waals surface area contributed by atoms with E-state index < -0.39 is 0 Å². The van der Waals surface area contributed by atoms with Crippen molar-refractivity contribution in [3.05, 3.63) is 66.9 Å². The fraction of sp³-hybridized carbons (Fsp3) is 0.348. The Morgan fingerprint density at radius 3 is 2.84 bits per heavy atom. The fourth-order valence-electron chi connectivity index (χ4n) is 3.95. The zero-order chi connectivity index (χ0) is 20.9. The number of benzene rings is 1. The molecule has 1 saturated heterocycles. The molecule has 4 heterocycles. The molecule has 1 aliphatic rings. The minimum absolute atomic E-state index is 0.640. The molecule has 0 amide bonds. The van der Waals surface area contributed by atoms with Crippen molar-refractivity contribution in [3.8, 4) is 17.1 Å². The average Bonchev–Trinajstić information content (AvgIpc) is 3.48. The van der Waals surface area contributed by atoms with E-state index in [0.29, 0.717) is 13.2 Å². The highest BCUT2D eigenvalue weighted by molar-refractivity contribution is 5.64. The van der Waals surface area contributed by atoms with Crippen LogP contribution in [0.1, 0.15) is 12.1 Å². The van der Waals surface area contributed by atoms with Crippen LogP contribution in [0, 0.1) is 0 Å². The molecule has 0 atom stereocenters. The smallest absolute Gasteiger partial charge is 0.155 e. The SMILES string of the molecule is c1ccc(-c2nccn2Cc2cccc3ncnn23)c(OCCCN2CCOCC2)c1. The highest BCUT2D eigenvalue weighted by Crippen LogP contribution is 2.29. The Balaban J connectivity index is 1.30. The van der Waals surface area contributed by atoms with Crippen LogP contribution in [-0.2, 0) is 11.3 Å². The minimum Gasteiger partial charge on any atom is -0.493 e. The Kier molecular flexibility index (Phi) is 5.90. The summed E-state index contributed by atoms with van der Waals surface area (Å²) in [6.45, 7) is 6.01. The first-order chi connectivity index (χ1) is 15.4. The van der Waals surface area contributed by atoms with E-state index in [-0.39, 0.29) is 0 Å². The quantitative estimate of drug-likeness (QED) is 0.410. The maximum Gasteiger partial charge on any atom is 0.155 e. The van der Waals surface area contributed by atoms with Crippen molar-refractivity contribution in [2.45, 2.75) is 13.0 Å². The number of pyridine rings is 1. The number of hydrogen-bond donors (Lipinski definition) is 0. The van der Waals surface area contributed by atoms with Gasteiger partial charge in [0, 0.05) is 32.0 Å². The third kappa shape index (κ3) is 4.45. The molecule has 0 bridgehead atoms. The summed E-state index contributed by atoms with van der Waals surface area (Å²) in [6.07, 6.45) is 6.37. The van der Waals surface area contributed by atoms with Crippen LogP contribution >= 0.6 is 0 Å². The van der Waals surface area contributed by atoms with E-state index in [9.17, 15) is 0 Å². The molecule has 1 aromatic carbocycles. The van der Waals surface area contributed by atoms with Gasteiger partial charge in [0.25, 0.3) is 0 Å². The molecule has 3 aromatic heterocycles. The maximum atomic E-state index is 6.18. The number of hydrogen-bond acceptors (Lipinski definition) is 6. The molecule has 8 nitrogen and oxygen atoms in total. The molecule has 1 fully saturated rings. The summed E-state index contributed by atoms with van der Waals surface area (Å²) < 4.78 is 15.6. The van der Waals surface area contributed by atoms with Gasteiger partial charge in [-0.2, -0.15) is 5.10 Å². The first kappa shape index (κ1) is 19.7. The number of imidazole rings is 1. The largest absolute Gasteiger partial charge is 0.493 e. The van der Waals surface area contributed by atoms with E-state index in [1.54, 1.807) is 6.33 Å². The number of rotatable bonds is 8. The average molecular weight is 419 g/mol. The predicted octanol–water partition coefficient (Wildman–Crippen LogP) is 2.74. The van der Waals surface area contributed by atoms with E-state index in [2.05, 4.69) is 36.7 Å². The predicted molar refractivity (Wildman–Crippen MR) is 117 cm³/mol. The fourth-order valence-corrected chi connectivity index (χ4v) is 3.95. The number of fused-ring (bicyclic) bond motifs is 1. The van der Waals surface area contributed by atoms with Crippen molar-refractivity contribution >= 4 is 5.65 Å². The molecule has 1 aliphatic heterocycles. The molecule has 31 heavy (non-hydrogen) atoms. The van der Waals surface area contributed by atoms with Crippen LogP contribution in [0.3, 0.4) is 0 Å². The van der Waals surface area contributed by atoms with Gasteiger partial charge in [0.1, 0.15) is 17.9 Å². The molecule has 0 unspecified atom stereocenters. The van der Waals surface area contributed by atoms with Crippen LogP contribution in [0.15, 0.2) is 61.2 Å². The monoisotopic (exact) mass is 418 g/mol. The molecule has 0 radical (unpaired) electrons. The Morgan fingerprint density at radius 1 is 1.00 bits per heavy atom. The van der Waals surface area contributed by atoms with Crippen molar-refractivity contribution in [2.75, 3.05) is 39.5 Å². The van der Waals surface area contributed by atoms with E-state index in [1.807, 2.05) is 47.2 Å². The van der Waals surface area contributed by atoms with Crippen molar-refractivity contribution in [1.29, 1.82) is 0 Å². The standard InChI is InChI=1S/C23H26N6O2/c1-2-7-21(31-14-4-10-27-12-15-30-16-13-27)20(6-1)23-24-9-11-28(23)17-19-5-3-8-22-25-18-26-29(19)22/h1-3,5-9,11,18H,4,10,12-17H2. The summed E-state index contributed by atoms with van der Waals surface area (Å²) in [5.74, 6) is 1.73. The number of aromatic nitrogens is 5. The molecule has 5 rings (SSSR count). The lowest BCUT2D eigenvalue weighted by molar-refractivity contribution is 0.0358. The topological polar surface area (TPSA) is 69.7 Å². The normalized spacial score (nSPS) is 14.8. The Bertz CT molecular complexity index is 1130. The van der Waals surface area contributed by atoms with Gasteiger partial charge in [0.15, 0.2) is 5.65 Å². The summed E-state index contributed by atoms with van der Waals surface area (Å²) in [5.41, 5.74) is 2.87. The molecular weight excluding hydrogens is 392 g/mol. The molecule has 4 aromatic rings. The summed E-state index contributed by atoms with van der Waals surface area (Å²) in [7, 11) is 0. The maximum absolute atomic E-state index is 6.18. The van der Waals surface area contributed by atoms with Gasteiger partial charge in [-0.3, -0.25) is 4.90 Å². The first-order valence-corrected chi connectivity index (χ1v) is 10.7. The lowest BCUT2D eigenvalue weighted by Crippen LogP contribution is -2.37. The van der Waals surface area contributed by atoms with Crippen molar-refractivity contribution in [1.82, 2.24) is 29.0 Å². The summed E-state index contributed by atoms with van der Waals surface area (Å²) in [6, 6.07) is 14.1. The van der Waals surface area contributed by atoms with Crippen LogP contribution in [0.4, 0.5) is 0 Å². The van der Waals surface area contributed by atoms with E-state index in [4.69, 9.17) is 9.47 Å². The highest BCUT2D eigenvalue weighted by Gasteiger charge is 2.14. The molecule has 0 N–H and O–H groups in total. The molecule has 0 aliphatic carbocycles. The molecule has 0 saturated carbocycles. The third-order valence-corrected chi connectivity index (χ3v) is 5.54. The van der Waals surface area contributed by atoms with E-state index >= 15 is 0 Å². The van der Waals surface area contributed by atoms with Crippen LogP contribution in [0.5, 0.6) is 5.75 Å². The third-order valence-electron chi connectivity index (χ3n) is 5.54. The summed E-state index contributed by atoms with van der Waals surface area (Å²) in [5, 5.41) is 4.34. The highest BCUT2D eigenvalue weighted by atomic mass is 16.5. The van der Waals surface area contributed by atoms with Gasteiger partial charge in [-0.05, 0) is 30.7 Å². The van der Waals surface area contributed by atoms with E-state index in [0.717, 1.165) is 67.7 Å². The van der Waals surface area contributed by atoms with Crippen LogP contribution in [-0.4, -0.2) is 68.5 Å².